The number of rotatable bonds is 5. The van der Waals surface area contributed by atoms with E-state index < -0.39 is 0 Å². The Labute approximate surface area is 135 Å². The Bertz CT molecular complexity index is 755. The highest BCUT2D eigenvalue weighted by Gasteiger charge is 2.15. The topological polar surface area (TPSA) is 64.1 Å². The van der Waals surface area contributed by atoms with E-state index in [2.05, 4.69) is 10.3 Å². The fraction of sp³-hybridized carbons (Fsp3) is 0.214. The van der Waals surface area contributed by atoms with Gasteiger partial charge in [-0.3, -0.25) is 0 Å². The summed E-state index contributed by atoms with van der Waals surface area (Å²) in [6.45, 7) is 1.12. The number of nitrogens with zero attached hydrogens (tertiary/aromatic N) is 1. The molecule has 3 heterocycles. The van der Waals surface area contributed by atoms with E-state index in [-0.39, 0.29) is 0 Å². The first-order chi connectivity index (χ1) is 10.2. The summed E-state index contributed by atoms with van der Waals surface area (Å²) in [4.78, 5) is 5.36. The quantitative estimate of drug-likeness (QED) is 0.678. The third kappa shape index (κ3) is 3.01. The molecule has 0 fully saturated rings. The molecule has 7 heteroatoms. The van der Waals surface area contributed by atoms with Crippen LogP contribution in [0.1, 0.15) is 10.6 Å². The van der Waals surface area contributed by atoms with Gasteiger partial charge in [-0.05, 0) is 25.1 Å². The molecule has 0 amide bonds. The number of anilines is 1. The standard InChI is InChI=1S/C14H13Cl2N3OS/c15-11-6-9(18-7-8-2-1-5-20-8)14-13(19-11)12(16)10(21-14)3-4-17/h1-2,5-6H,3-4,7,17H2,(H,18,19). The molecule has 0 saturated heterocycles. The normalized spacial score (nSPS) is 11.2. The van der Waals surface area contributed by atoms with Crippen molar-refractivity contribution >= 4 is 50.4 Å². The lowest BCUT2D eigenvalue weighted by Crippen LogP contribution is -2.01. The van der Waals surface area contributed by atoms with Gasteiger partial charge in [-0.2, -0.15) is 0 Å². The molecule has 3 aromatic rings. The monoisotopic (exact) mass is 341 g/mol. The Morgan fingerprint density at radius 3 is 2.95 bits per heavy atom. The number of thiophene rings is 1. The molecule has 0 aliphatic heterocycles. The van der Waals surface area contributed by atoms with Crippen LogP contribution in [0.4, 0.5) is 5.69 Å². The van der Waals surface area contributed by atoms with E-state index >= 15 is 0 Å². The summed E-state index contributed by atoms with van der Waals surface area (Å²) >= 11 is 14.1. The van der Waals surface area contributed by atoms with Crippen molar-refractivity contribution < 1.29 is 4.42 Å². The summed E-state index contributed by atoms with van der Waals surface area (Å²) in [6, 6.07) is 5.56. The Morgan fingerprint density at radius 2 is 2.24 bits per heavy atom. The maximum atomic E-state index is 6.37. The van der Waals surface area contributed by atoms with Gasteiger partial charge in [0.2, 0.25) is 0 Å². The summed E-state index contributed by atoms with van der Waals surface area (Å²) in [7, 11) is 0. The molecule has 0 aliphatic carbocycles. The number of nitrogens with one attached hydrogen (secondary N) is 1. The van der Waals surface area contributed by atoms with Crippen LogP contribution in [0.25, 0.3) is 10.2 Å². The first kappa shape index (κ1) is 14.7. The highest BCUT2D eigenvalue weighted by molar-refractivity contribution is 7.20. The van der Waals surface area contributed by atoms with Crippen LogP contribution in [0.5, 0.6) is 0 Å². The number of fused-ring (bicyclic) bond motifs is 1. The maximum Gasteiger partial charge on any atom is 0.131 e. The number of halogens is 2. The Morgan fingerprint density at radius 1 is 1.38 bits per heavy atom. The molecule has 21 heavy (non-hydrogen) atoms. The molecular formula is C14H13Cl2N3OS. The Kier molecular flexibility index (Phi) is 4.35. The summed E-state index contributed by atoms with van der Waals surface area (Å²) in [5.74, 6) is 0.848. The van der Waals surface area contributed by atoms with Gasteiger partial charge in [0.05, 0.1) is 28.2 Å². The molecule has 3 rings (SSSR count). The molecule has 4 nitrogen and oxygen atoms in total. The van der Waals surface area contributed by atoms with E-state index in [4.69, 9.17) is 33.4 Å². The number of aromatic nitrogens is 1. The van der Waals surface area contributed by atoms with E-state index in [0.29, 0.717) is 23.3 Å². The molecule has 110 valence electrons. The van der Waals surface area contributed by atoms with Crippen LogP contribution < -0.4 is 11.1 Å². The molecule has 3 N–H and O–H groups in total. The van der Waals surface area contributed by atoms with Gasteiger partial charge in [-0.25, -0.2) is 4.98 Å². The molecule has 0 saturated carbocycles. The van der Waals surface area contributed by atoms with Crippen LogP contribution in [-0.4, -0.2) is 11.5 Å². The van der Waals surface area contributed by atoms with Gasteiger partial charge in [0.15, 0.2) is 0 Å². The summed E-state index contributed by atoms with van der Waals surface area (Å²) in [6.07, 6.45) is 2.38. The molecule has 0 aliphatic rings. The predicted molar refractivity (Wildman–Crippen MR) is 88.4 cm³/mol. The van der Waals surface area contributed by atoms with Crippen molar-refractivity contribution in [3.8, 4) is 0 Å². The van der Waals surface area contributed by atoms with Gasteiger partial charge in [0, 0.05) is 10.9 Å². The average molecular weight is 342 g/mol. The van der Waals surface area contributed by atoms with Crippen LogP contribution in [-0.2, 0) is 13.0 Å². The summed E-state index contributed by atoms with van der Waals surface area (Å²) < 4.78 is 6.30. The zero-order chi connectivity index (χ0) is 14.8. The van der Waals surface area contributed by atoms with Gasteiger partial charge in [-0.1, -0.05) is 23.2 Å². The molecule has 0 aromatic carbocycles. The predicted octanol–water partition coefficient (Wildman–Crippen LogP) is 4.31. The Balaban J connectivity index is 1.98. The minimum Gasteiger partial charge on any atom is -0.467 e. The van der Waals surface area contributed by atoms with Crippen LogP contribution in [0, 0.1) is 0 Å². The van der Waals surface area contributed by atoms with E-state index in [0.717, 1.165) is 33.0 Å². The first-order valence-corrected chi connectivity index (χ1v) is 8.00. The molecular weight excluding hydrogens is 329 g/mol. The lowest BCUT2D eigenvalue weighted by molar-refractivity contribution is 0.518. The fourth-order valence-electron chi connectivity index (χ4n) is 2.07. The van der Waals surface area contributed by atoms with Crippen molar-refractivity contribution in [2.45, 2.75) is 13.0 Å². The van der Waals surface area contributed by atoms with Crippen LogP contribution in [0.2, 0.25) is 10.2 Å². The van der Waals surface area contributed by atoms with E-state index in [1.165, 1.54) is 0 Å². The maximum absolute atomic E-state index is 6.37. The average Bonchev–Trinajstić information content (AvgIpc) is 3.07. The van der Waals surface area contributed by atoms with Gasteiger partial charge in [0.1, 0.15) is 16.4 Å². The van der Waals surface area contributed by atoms with Gasteiger partial charge in [-0.15, -0.1) is 11.3 Å². The van der Waals surface area contributed by atoms with E-state index in [1.807, 2.05) is 12.1 Å². The minimum absolute atomic E-state index is 0.406. The first-order valence-electron chi connectivity index (χ1n) is 6.42. The minimum atomic E-state index is 0.406. The van der Waals surface area contributed by atoms with Crippen molar-refractivity contribution in [3.05, 3.63) is 45.3 Å². The third-order valence-corrected chi connectivity index (χ3v) is 5.01. The molecule has 0 atom stereocenters. The van der Waals surface area contributed by atoms with E-state index in [1.54, 1.807) is 23.7 Å². The van der Waals surface area contributed by atoms with Gasteiger partial charge < -0.3 is 15.5 Å². The lowest BCUT2D eigenvalue weighted by atomic mass is 10.3. The zero-order valence-corrected chi connectivity index (χ0v) is 13.4. The van der Waals surface area contributed by atoms with Crippen LogP contribution in [0.15, 0.2) is 28.9 Å². The Hall–Kier alpha value is -1.27. The molecule has 0 bridgehead atoms. The number of furan rings is 1. The zero-order valence-electron chi connectivity index (χ0n) is 11.0. The van der Waals surface area contributed by atoms with E-state index in [9.17, 15) is 0 Å². The number of hydrogen-bond donors (Lipinski definition) is 2. The lowest BCUT2D eigenvalue weighted by Gasteiger charge is -2.06. The van der Waals surface area contributed by atoms with Crippen molar-refractivity contribution in [2.24, 2.45) is 5.73 Å². The van der Waals surface area contributed by atoms with Crippen molar-refractivity contribution in [3.63, 3.8) is 0 Å². The molecule has 0 spiro atoms. The largest absolute Gasteiger partial charge is 0.467 e. The summed E-state index contributed by atoms with van der Waals surface area (Å²) in [5.41, 5.74) is 7.24. The highest BCUT2D eigenvalue weighted by atomic mass is 35.5. The highest BCUT2D eigenvalue weighted by Crippen LogP contribution is 2.39. The van der Waals surface area contributed by atoms with Crippen LogP contribution in [0.3, 0.4) is 0 Å². The SMILES string of the molecule is NCCc1sc2c(NCc3ccco3)cc(Cl)nc2c1Cl. The second-order valence-corrected chi connectivity index (χ2v) is 6.35. The van der Waals surface area contributed by atoms with Crippen molar-refractivity contribution in [2.75, 3.05) is 11.9 Å². The number of hydrogen-bond acceptors (Lipinski definition) is 5. The smallest absolute Gasteiger partial charge is 0.131 e. The molecule has 0 radical (unpaired) electrons. The second-order valence-electron chi connectivity index (χ2n) is 4.48. The van der Waals surface area contributed by atoms with Gasteiger partial charge >= 0.3 is 0 Å². The van der Waals surface area contributed by atoms with Gasteiger partial charge in [0.25, 0.3) is 0 Å². The molecule has 0 unspecified atom stereocenters. The molecule has 3 aromatic heterocycles. The number of nitrogens with two attached hydrogens (primary N) is 1. The third-order valence-electron chi connectivity index (χ3n) is 3.02. The van der Waals surface area contributed by atoms with Crippen LogP contribution >= 0.6 is 34.5 Å². The number of pyridine rings is 1. The van der Waals surface area contributed by atoms with Crippen molar-refractivity contribution in [1.29, 1.82) is 0 Å². The second kappa shape index (κ2) is 6.23. The summed E-state index contributed by atoms with van der Waals surface area (Å²) in [5, 5.41) is 4.36. The van der Waals surface area contributed by atoms with Crippen molar-refractivity contribution in [1.82, 2.24) is 4.98 Å². The fourth-order valence-corrected chi connectivity index (χ4v) is 3.81.